The Morgan fingerprint density at radius 3 is 2.67 bits per heavy atom. The molecule has 1 heterocycles. The van der Waals surface area contributed by atoms with E-state index in [4.69, 9.17) is 9.84 Å². The molecule has 18 heavy (non-hydrogen) atoms. The van der Waals surface area contributed by atoms with Gasteiger partial charge >= 0.3 is 0 Å². The molecule has 2 fully saturated rings. The summed E-state index contributed by atoms with van der Waals surface area (Å²) in [7, 11) is 0. The van der Waals surface area contributed by atoms with Crippen LogP contribution in [-0.2, 0) is 4.74 Å². The van der Waals surface area contributed by atoms with E-state index >= 15 is 0 Å². The minimum absolute atomic E-state index is 0.250. The van der Waals surface area contributed by atoms with Gasteiger partial charge in [0, 0.05) is 13.1 Å². The average Bonchev–Trinajstić information content (AvgIpc) is 2.98. The summed E-state index contributed by atoms with van der Waals surface area (Å²) in [5.41, 5.74) is 0.250. The molecule has 3 heteroatoms. The smallest absolute Gasteiger partial charge is 0.0710 e. The molecule has 0 amide bonds. The van der Waals surface area contributed by atoms with E-state index in [0.717, 1.165) is 19.6 Å². The lowest BCUT2D eigenvalue weighted by molar-refractivity contribution is -0.0482. The summed E-state index contributed by atoms with van der Waals surface area (Å²) in [6.45, 7) is 5.40. The third-order valence-corrected chi connectivity index (χ3v) is 4.56. The third-order valence-electron chi connectivity index (χ3n) is 4.56. The second-order valence-corrected chi connectivity index (χ2v) is 6.05. The summed E-state index contributed by atoms with van der Waals surface area (Å²) >= 11 is 0. The monoisotopic (exact) mass is 255 g/mol. The zero-order valence-corrected chi connectivity index (χ0v) is 11.9. The fourth-order valence-corrected chi connectivity index (χ4v) is 3.52. The second-order valence-electron chi connectivity index (χ2n) is 6.05. The minimum Gasteiger partial charge on any atom is -0.395 e. The number of hydrogen-bond donors (Lipinski definition) is 1. The Morgan fingerprint density at radius 2 is 2.00 bits per heavy atom. The van der Waals surface area contributed by atoms with Crippen LogP contribution in [0.5, 0.6) is 0 Å². The summed E-state index contributed by atoms with van der Waals surface area (Å²) in [6.07, 6.45) is 10.6. The molecule has 3 nitrogen and oxygen atoms in total. The molecule has 1 N–H and O–H groups in total. The molecule has 0 aromatic rings. The molecule has 1 aliphatic carbocycles. The highest BCUT2D eigenvalue weighted by Crippen LogP contribution is 2.43. The highest BCUT2D eigenvalue weighted by molar-refractivity contribution is 4.93. The first-order valence-electron chi connectivity index (χ1n) is 7.79. The summed E-state index contributed by atoms with van der Waals surface area (Å²) in [5.74, 6) is 0. The Morgan fingerprint density at radius 1 is 1.22 bits per heavy atom. The zero-order chi connectivity index (χ0) is 12.8. The first-order valence-corrected chi connectivity index (χ1v) is 7.79. The number of aliphatic hydroxyl groups is 1. The maximum atomic E-state index is 9.13. The van der Waals surface area contributed by atoms with Crippen LogP contribution >= 0.6 is 0 Å². The molecule has 1 unspecified atom stereocenters. The number of nitrogens with zero attached hydrogens (tertiary/aromatic N) is 1. The van der Waals surface area contributed by atoms with E-state index in [2.05, 4.69) is 11.8 Å². The number of hydrogen-bond acceptors (Lipinski definition) is 3. The van der Waals surface area contributed by atoms with Crippen LogP contribution in [0.2, 0.25) is 0 Å². The minimum atomic E-state index is 0.250. The SMILES string of the molecule is CCCCN(CCO)CC1CCC2(CCCC2)O1. The van der Waals surface area contributed by atoms with Crippen molar-refractivity contribution in [1.29, 1.82) is 0 Å². The predicted molar refractivity (Wildman–Crippen MR) is 73.7 cm³/mol. The van der Waals surface area contributed by atoms with Crippen LogP contribution in [-0.4, -0.2) is 48.0 Å². The Balaban J connectivity index is 1.77. The maximum Gasteiger partial charge on any atom is 0.0710 e. The summed E-state index contributed by atoms with van der Waals surface area (Å²) in [5, 5.41) is 9.13. The van der Waals surface area contributed by atoms with Gasteiger partial charge in [-0.25, -0.2) is 0 Å². The van der Waals surface area contributed by atoms with Crippen molar-refractivity contribution < 1.29 is 9.84 Å². The Labute approximate surface area is 112 Å². The molecule has 0 aromatic heterocycles. The van der Waals surface area contributed by atoms with Gasteiger partial charge in [0.15, 0.2) is 0 Å². The van der Waals surface area contributed by atoms with Crippen molar-refractivity contribution in [2.75, 3.05) is 26.2 Å². The molecule has 1 aliphatic heterocycles. The van der Waals surface area contributed by atoms with E-state index < -0.39 is 0 Å². The van der Waals surface area contributed by atoms with Crippen molar-refractivity contribution in [3.8, 4) is 0 Å². The lowest BCUT2D eigenvalue weighted by Gasteiger charge is -2.27. The number of aliphatic hydroxyl groups excluding tert-OH is 1. The standard InChI is InChI=1S/C15H29NO2/c1-2-3-10-16(11-12-17)13-14-6-9-15(18-14)7-4-5-8-15/h14,17H,2-13H2,1H3. The van der Waals surface area contributed by atoms with Gasteiger partial charge in [0.25, 0.3) is 0 Å². The summed E-state index contributed by atoms with van der Waals surface area (Å²) in [4.78, 5) is 2.38. The van der Waals surface area contributed by atoms with Crippen molar-refractivity contribution >= 4 is 0 Å². The van der Waals surface area contributed by atoms with Crippen molar-refractivity contribution in [3.05, 3.63) is 0 Å². The van der Waals surface area contributed by atoms with Crippen LogP contribution in [0.3, 0.4) is 0 Å². The van der Waals surface area contributed by atoms with Gasteiger partial charge in [-0.1, -0.05) is 26.2 Å². The van der Waals surface area contributed by atoms with E-state index in [1.54, 1.807) is 0 Å². The topological polar surface area (TPSA) is 32.7 Å². The van der Waals surface area contributed by atoms with Crippen molar-refractivity contribution in [1.82, 2.24) is 4.90 Å². The molecular weight excluding hydrogens is 226 g/mol. The lowest BCUT2D eigenvalue weighted by Crippen LogP contribution is -2.36. The Hall–Kier alpha value is -0.120. The maximum absolute atomic E-state index is 9.13. The number of unbranched alkanes of at least 4 members (excludes halogenated alkanes) is 1. The molecule has 2 rings (SSSR count). The molecule has 0 bridgehead atoms. The molecule has 0 aromatic carbocycles. The molecule has 1 atom stereocenters. The van der Waals surface area contributed by atoms with E-state index in [0.29, 0.717) is 6.10 Å². The molecule has 1 saturated carbocycles. The second kappa shape index (κ2) is 6.88. The van der Waals surface area contributed by atoms with Gasteiger partial charge in [-0.2, -0.15) is 0 Å². The fraction of sp³-hybridized carbons (Fsp3) is 1.00. The fourth-order valence-electron chi connectivity index (χ4n) is 3.52. The number of rotatable bonds is 7. The third kappa shape index (κ3) is 3.69. The van der Waals surface area contributed by atoms with Crippen LogP contribution in [0.15, 0.2) is 0 Å². The molecule has 2 aliphatic rings. The first kappa shape index (κ1) is 14.3. The van der Waals surface area contributed by atoms with Gasteiger partial charge in [-0.05, 0) is 38.6 Å². The highest BCUT2D eigenvalue weighted by atomic mass is 16.5. The van der Waals surface area contributed by atoms with Gasteiger partial charge in [-0.3, -0.25) is 4.90 Å². The van der Waals surface area contributed by atoms with E-state index in [-0.39, 0.29) is 12.2 Å². The van der Waals surface area contributed by atoms with Gasteiger partial charge in [-0.15, -0.1) is 0 Å². The van der Waals surface area contributed by atoms with Crippen LogP contribution in [0.1, 0.15) is 58.3 Å². The lowest BCUT2D eigenvalue weighted by atomic mass is 9.98. The van der Waals surface area contributed by atoms with Crippen LogP contribution < -0.4 is 0 Å². The van der Waals surface area contributed by atoms with Crippen molar-refractivity contribution in [2.24, 2.45) is 0 Å². The average molecular weight is 255 g/mol. The van der Waals surface area contributed by atoms with Crippen molar-refractivity contribution in [2.45, 2.75) is 70.0 Å². The summed E-state index contributed by atoms with van der Waals surface area (Å²) in [6, 6.07) is 0. The molecule has 106 valence electrons. The van der Waals surface area contributed by atoms with Gasteiger partial charge < -0.3 is 9.84 Å². The van der Waals surface area contributed by atoms with Crippen LogP contribution in [0.4, 0.5) is 0 Å². The quantitative estimate of drug-likeness (QED) is 0.759. The van der Waals surface area contributed by atoms with Gasteiger partial charge in [0.05, 0.1) is 18.3 Å². The Bertz CT molecular complexity index is 239. The largest absolute Gasteiger partial charge is 0.395 e. The van der Waals surface area contributed by atoms with E-state index in [9.17, 15) is 0 Å². The number of ether oxygens (including phenoxy) is 1. The van der Waals surface area contributed by atoms with Crippen LogP contribution in [0, 0.1) is 0 Å². The van der Waals surface area contributed by atoms with Gasteiger partial charge in [0.2, 0.25) is 0 Å². The highest BCUT2D eigenvalue weighted by Gasteiger charge is 2.42. The zero-order valence-electron chi connectivity index (χ0n) is 11.9. The Kier molecular flexibility index (Phi) is 5.46. The molecule has 1 saturated heterocycles. The summed E-state index contributed by atoms with van der Waals surface area (Å²) < 4.78 is 6.34. The normalized spacial score (nSPS) is 26.5. The first-order chi connectivity index (χ1) is 8.78. The molecule has 0 radical (unpaired) electrons. The molecule has 1 spiro atoms. The van der Waals surface area contributed by atoms with Gasteiger partial charge in [0.1, 0.15) is 0 Å². The predicted octanol–water partition coefficient (Wildman–Crippen LogP) is 2.57. The van der Waals surface area contributed by atoms with E-state index in [1.165, 1.54) is 51.4 Å². The van der Waals surface area contributed by atoms with Crippen LogP contribution in [0.25, 0.3) is 0 Å². The molecular formula is C15H29NO2. The van der Waals surface area contributed by atoms with Crippen molar-refractivity contribution in [3.63, 3.8) is 0 Å². The van der Waals surface area contributed by atoms with E-state index in [1.807, 2.05) is 0 Å².